The van der Waals surface area contributed by atoms with Gasteiger partial charge in [0.1, 0.15) is 5.82 Å². The predicted octanol–water partition coefficient (Wildman–Crippen LogP) is 3.14. The molecule has 1 atom stereocenters. The summed E-state index contributed by atoms with van der Waals surface area (Å²) < 4.78 is 1.06. The summed E-state index contributed by atoms with van der Waals surface area (Å²) in [5, 5.41) is 0.0974. The zero-order valence-electron chi connectivity index (χ0n) is 11.5. The maximum atomic E-state index is 5.74. The standard InChI is InChI=1S/C13H16BrN5S/c1-8(20-10-6-4-9(14)5-7-10)11-16-12(15)18-13(17-11)19(2)3/h4-8H,1-3H3,(H2,15,16,17,18). The number of hydrogen-bond donors (Lipinski definition) is 1. The Balaban J connectivity index is 2.20. The first-order valence-corrected chi connectivity index (χ1v) is 7.74. The van der Waals surface area contributed by atoms with Crippen LogP contribution in [0.2, 0.25) is 0 Å². The fourth-order valence-corrected chi connectivity index (χ4v) is 2.73. The molecule has 1 unspecified atom stereocenters. The first-order valence-electron chi connectivity index (χ1n) is 6.06. The van der Waals surface area contributed by atoms with Crippen LogP contribution in [0.4, 0.5) is 11.9 Å². The Morgan fingerprint density at radius 2 is 1.80 bits per heavy atom. The minimum absolute atomic E-state index is 0.0974. The van der Waals surface area contributed by atoms with Crippen LogP contribution >= 0.6 is 27.7 Å². The van der Waals surface area contributed by atoms with E-state index in [2.05, 4.69) is 49.9 Å². The molecule has 1 heterocycles. The van der Waals surface area contributed by atoms with Crippen LogP contribution in [-0.4, -0.2) is 29.0 Å². The van der Waals surface area contributed by atoms with E-state index in [0.29, 0.717) is 11.8 Å². The monoisotopic (exact) mass is 353 g/mol. The van der Waals surface area contributed by atoms with Gasteiger partial charge in [-0.05, 0) is 31.2 Å². The molecule has 1 aromatic heterocycles. The summed E-state index contributed by atoms with van der Waals surface area (Å²) in [5.74, 6) is 1.52. The third-order valence-electron chi connectivity index (χ3n) is 2.55. The fraction of sp³-hybridized carbons (Fsp3) is 0.308. The van der Waals surface area contributed by atoms with Crippen molar-refractivity contribution in [1.82, 2.24) is 15.0 Å². The molecule has 0 bridgehead atoms. The third kappa shape index (κ3) is 3.83. The average Bonchev–Trinajstić information content (AvgIpc) is 2.40. The highest BCUT2D eigenvalue weighted by atomic mass is 79.9. The number of aromatic nitrogens is 3. The second-order valence-electron chi connectivity index (χ2n) is 4.46. The van der Waals surface area contributed by atoms with E-state index < -0.39 is 0 Å². The van der Waals surface area contributed by atoms with Crippen LogP contribution in [0.1, 0.15) is 18.0 Å². The molecule has 2 rings (SSSR count). The smallest absolute Gasteiger partial charge is 0.229 e. The zero-order chi connectivity index (χ0) is 14.7. The molecule has 0 aliphatic carbocycles. The van der Waals surface area contributed by atoms with Gasteiger partial charge in [0.15, 0.2) is 0 Å². The molecule has 0 aliphatic heterocycles. The maximum Gasteiger partial charge on any atom is 0.229 e. The SMILES string of the molecule is CC(Sc1ccc(Br)cc1)c1nc(N)nc(N(C)C)n1. The fourth-order valence-electron chi connectivity index (χ4n) is 1.55. The molecule has 2 N–H and O–H groups in total. The van der Waals surface area contributed by atoms with Crippen LogP contribution < -0.4 is 10.6 Å². The number of anilines is 2. The van der Waals surface area contributed by atoms with Gasteiger partial charge in [0, 0.05) is 23.5 Å². The Bertz CT molecular complexity index is 588. The molecule has 2 aromatic rings. The lowest BCUT2D eigenvalue weighted by molar-refractivity contribution is 0.865. The van der Waals surface area contributed by atoms with Gasteiger partial charge in [0.25, 0.3) is 0 Å². The van der Waals surface area contributed by atoms with Gasteiger partial charge in [-0.1, -0.05) is 15.9 Å². The number of nitrogens with zero attached hydrogens (tertiary/aromatic N) is 4. The highest BCUT2D eigenvalue weighted by Crippen LogP contribution is 2.34. The molecule has 1 aromatic carbocycles. The predicted molar refractivity (Wildman–Crippen MR) is 87.0 cm³/mol. The number of nitrogens with two attached hydrogens (primary N) is 1. The van der Waals surface area contributed by atoms with E-state index in [4.69, 9.17) is 5.73 Å². The summed E-state index contributed by atoms with van der Waals surface area (Å²) in [6.07, 6.45) is 0. The first-order chi connectivity index (χ1) is 9.45. The highest BCUT2D eigenvalue weighted by Gasteiger charge is 2.14. The lowest BCUT2D eigenvalue weighted by atomic mass is 10.4. The van der Waals surface area contributed by atoms with E-state index in [0.717, 1.165) is 9.37 Å². The maximum absolute atomic E-state index is 5.74. The number of rotatable bonds is 4. The van der Waals surface area contributed by atoms with Crippen LogP contribution in [0.25, 0.3) is 0 Å². The van der Waals surface area contributed by atoms with Crippen LogP contribution in [0.3, 0.4) is 0 Å². The van der Waals surface area contributed by atoms with E-state index in [1.807, 2.05) is 31.1 Å². The van der Waals surface area contributed by atoms with Crippen molar-refractivity contribution in [3.63, 3.8) is 0 Å². The number of thioether (sulfide) groups is 1. The molecule has 0 amide bonds. The Hall–Kier alpha value is -1.34. The molecule has 7 heteroatoms. The molecule has 0 fully saturated rings. The van der Waals surface area contributed by atoms with E-state index in [1.165, 1.54) is 0 Å². The number of benzene rings is 1. The molecular formula is C13H16BrN5S. The number of hydrogen-bond acceptors (Lipinski definition) is 6. The van der Waals surface area contributed by atoms with Crippen molar-refractivity contribution in [2.45, 2.75) is 17.1 Å². The van der Waals surface area contributed by atoms with Gasteiger partial charge >= 0.3 is 0 Å². The first kappa shape index (κ1) is 15.1. The van der Waals surface area contributed by atoms with Gasteiger partial charge in [0.2, 0.25) is 11.9 Å². The Morgan fingerprint density at radius 3 is 2.40 bits per heavy atom. The third-order valence-corrected chi connectivity index (χ3v) is 4.19. The largest absolute Gasteiger partial charge is 0.368 e. The Morgan fingerprint density at radius 1 is 1.15 bits per heavy atom. The zero-order valence-corrected chi connectivity index (χ0v) is 13.9. The lowest BCUT2D eigenvalue weighted by Crippen LogP contribution is -2.16. The van der Waals surface area contributed by atoms with Gasteiger partial charge in [-0.2, -0.15) is 15.0 Å². The van der Waals surface area contributed by atoms with Crippen molar-refractivity contribution in [2.24, 2.45) is 0 Å². The molecule has 5 nitrogen and oxygen atoms in total. The van der Waals surface area contributed by atoms with Gasteiger partial charge in [-0.25, -0.2) is 0 Å². The van der Waals surface area contributed by atoms with Gasteiger partial charge in [0.05, 0.1) is 5.25 Å². The minimum atomic E-state index is 0.0974. The van der Waals surface area contributed by atoms with Gasteiger partial charge in [-0.15, -0.1) is 11.8 Å². The quantitative estimate of drug-likeness (QED) is 0.851. The Kier molecular flexibility index (Phi) is 4.82. The van der Waals surface area contributed by atoms with E-state index in [1.54, 1.807) is 11.8 Å². The minimum Gasteiger partial charge on any atom is -0.368 e. The van der Waals surface area contributed by atoms with Crippen molar-refractivity contribution >= 4 is 39.6 Å². The molecular weight excluding hydrogens is 338 g/mol. The van der Waals surface area contributed by atoms with E-state index in [9.17, 15) is 0 Å². The summed E-state index contributed by atoms with van der Waals surface area (Å²) in [5.41, 5.74) is 5.74. The highest BCUT2D eigenvalue weighted by molar-refractivity contribution is 9.10. The van der Waals surface area contributed by atoms with Crippen molar-refractivity contribution in [2.75, 3.05) is 24.7 Å². The average molecular weight is 354 g/mol. The van der Waals surface area contributed by atoms with E-state index in [-0.39, 0.29) is 11.2 Å². The van der Waals surface area contributed by atoms with Crippen LogP contribution in [0.5, 0.6) is 0 Å². The topological polar surface area (TPSA) is 67.9 Å². The van der Waals surface area contributed by atoms with Crippen molar-refractivity contribution in [3.8, 4) is 0 Å². The molecule has 20 heavy (non-hydrogen) atoms. The summed E-state index contributed by atoms with van der Waals surface area (Å²) in [6, 6.07) is 8.15. The lowest BCUT2D eigenvalue weighted by Gasteiger charge is -2.14. The van der Waals surface area contributed by atoms with Crippen LogP contribution in [-0.2, 0) is 0 Å². The van der Waals surface area contributed by atoms with Gasteiger partial charge < -0.3 is 10.6 Å². The Labute approximate surface area is 131 Å². The van der Waals surface area contributed by atoms with Crippen molar-refractivity contribution in [1.29, 1.82) is 0 Å². The summed E-state index contributed by atoms with van der Waals surface area (Å²) in [7, 11) is 3.76. The number of halogens is 1. The molecule has 106 valence electrons. The van der Waals surface area contributed by atoms with Crippen molar-refractivity contribution in [3.05, 3.63) is 34.6 Å². The molecule has 0 aliphatic rings. The molecule has 0 spiro atoms. The van der Waals surface area contributed by atoms with Gasteiger partial charge in [-0.3, -0.25) is 0 Å². The van der Waals surface area contributed by atoms with Crippen molar-refractivity contribution < 1.29 is 0 Å². The summed E-state index contributed by atoms with van der Waals surface area (Å²) in [4.78, 5) is 15.7. The molecule has 0 saturated carbocycles. The summed E-state index contributed by atoms with van der Waals surface area (Å²) in [6.45, 7) is 2.06. The van der Waals surface area contributed by atoms with Crippen LogP contribution in [0, 0.1) is 0 Å². The molecule has 0 saturated heterocycles. The van der Waals surface area contributed by atoms with Crippen LogP contribution in [0.15, 0.2) is 33.6 Å². The molecule has 0 radical (unpaired) electrons. The second-order valence-corrected chi connectivity index (χ2v) is 6.79. The second kappa shape index (κ2) is 6.41. The normalized spacial score (nSPS) is 12.2. The van der Waals surface area contributed by atoms with E-state index >= 15 is 0 Å². The number of nitrogen functional groups attached to an aromatic ring is 1. The summed E-state index contributed by atoms with van der Waals surface area (Å²) >= 11 is 5.11.